The molecule has 11 amide bonds. The smallest absolute Gasteiger partial charge is 0.246 e. The van der Waals surface area contributed by atoms with Gasteiger partial charge in [0.15, 0.2) is 0 Å². The van der Waals surface area contributed by atoms with Crippen molar-refractivity contribution in [2.24, 2.45) is 41.4 Å². The van der Waals surface area contributed by atoms with Gasteiger partial charge in [0.25, 0.3) is 0 Å². The summed E-state index contributed by atoms with van der Waals surface area (Å²) < 4.78 is 0. The molecule has 0 saturated carbocycles. The first-order valence-electron chi connectivity index (χ1n) is 31.6. The molecule has 0 aromatic rings. The van der Waals surface area contributed by atoms with E-state index in [9.17, 15) is 48.6 Å². The van der Waals surface area contributed by atoms with Crippen LogP contribution in [0, 0.1) is 41.4 Å². The summed E-state index contributed by atoms with van der Waals surface area (Å²) in [4.78, 5) is 169. The van der Waals surface area contributed by atoms with Crippen molar-refractivity contribution >= 4 is 65.0 Å². The van der Waals surface area contributed by atoms with Crippen LogP contribution in [0.1, 0.15) is 163 Å². The zero-order valence-electron chi connectivity index (χ0n) is 57.8. The maximum absolute atomic E-state index is 15.2. The molecule has 0 aromatic carbocycles. The van der Waals surface area contributed by atoms with E-state index >= 15 is 14.4 Å². The molecule has 24 heteroatoms. The van der Waals surface area contributed by atoms with Crippen LogP contribution in [0.15, 0.2) is 12.2 Å². The second-order valence-electron chi connectivity index (χ2n) is 27.1. The molecule has 13 atom stereocenters. The van der Waals surface area contributed by atoms with Crippen molar-refractivity contribution in [2.45, 2.75) is 235 Å². The third-order valence-corrected chi connectivity index (χ3v) is 16.4. The van der Waals surface area contributed by atoms with Gasteiger partial charge in [0, 0.05) is 49.3 Å². The van der Waals surface area contributed by atoms with Crippen LogP contribution in [-0.4, -0.2) is 238 Å². The number of allylic oxidation sites excluding steroid dienone is 2. The summed E-state index contributed by atoms with van der Waals surface area (Å²) in [6.45, 7) is 29.2. The molecule has 1 saturated heterocycles. The van der Waals surface area contributed by atoms with E-state index in [0.29, 0.717) is 6.42 Å². The molecule has 24 nitrogen and oxygen atoms in total. The van der Waals surface area contributed by atoms with Crippen LogP contribution >= 0.6 is 0 Å². The predicted molar refractivity (Wildman–Crippen MR) is 339 cm³/mol. The number of aliphatic hydroxyl groups is 2. The van der Waals surface area contributed by atoms with Gasteiger partial charge in [-0.2, -0.15) is 0 Å². The molecule has 0 bridgehead atoms. The fourth-order valence-corrected chi connectivity index (χ4v) is 11.3. The quantitative estimate of drug-likeness (QED) is 0.114. The third-order valence-electron chi connectivity index (χ3n) is 16.4. The Labute approximate surface area is 526 Å². The van der Waals surface area contributed by atoms with Gasteiger partial charge in [0.1, 0.15) is 60.4 Å². The molecule has 1 rings (SSSR count). The number of amides is 11. The van der Waals surface area contributed by atoms with Crippen LogP contribution in [0.3, 0.4) is 0 Å². The van der Waals surface area contributed by atoms with Crippen molar-refractivity contribution in [1.29, 1.82) is 0 Å². The molecular formula is C64H115N11O13. The Balaban J connectivity index is 4.41. The number of nitrogens with zero attached hydrogens (tertiary/aromatic N) is 7. The SMILES string of the molecule is C/C=C/C[C@@H](C)[C@@H](O)[C@H]1C(=O)N[C@@H](CC)C(=O)N(C)CC(=O)N(C)[C@@H]([C@@H](C)O)C(=O)N[C@@H](CC(C)C)C(=O)N(C)[C@@H](CC(C)C)C(=O)N[C@@H](CC(C)C)C(=O)N[C@H](C)C(=O)N(C)[C@@H](CC(C)C)C(=O)N(C)[C@@H](CC(C)C)C(=O)N(C)[C@@H](C(C)C)C(=O)N1C. The van der Waals surface area contributed by atoms with E-state index in [1.54, 1.807) is 46.8 Å². The normalized spacial score (nSPS) is 26.8. The summed E-state index contributed by atoms with van der Waals surface area (Å²) in [5.41, 5.74) is 0. The third kappa shape index (κ3) is 22.7. The molecule has 0 unspecified atom stereocenters. The fraction of sp³-hybridized carbons (Fsp3) is 0.797. The van der Waals surface area contributed by atoms with Crippen molar-refractivity contribution in [3.8, 4) is 0 Å². The number of likely N-dealkylation sites (N-methyl/N-ethyl adjacent to an activating group) is 7. The summed E-state index contributed by atoms with van der Waals surface area (Å²) in [6, 6.07) is -13.1. The predicted octanol–water partition coefficient (Wildman–Crippen LogP) is 3.02. The molecule has 1 heterocycles. The molecule has 0 spiro atoms. The summed E-state index contributed by atoms with van der Waals surface area (Å²) in [7, 11) is 9.65. The van der Waals surface area contributed by atoms with Gasteiger partial charge in [-0.15, -0.1) is 0 Å². The summed E-state index contributed by atoms with van der Waals surface area (Å²) >= 11 is 0. The van der Waals surface area contributed by atoms with E-state index in [1.807, 2.05) is 69.2 Å². The Bertz CT molecular complexity index is 2400. The molecule has 6 N–H and O–H groups in total. The Hall–Kier alpha value is -6.17. The second-order valence-corrected chi connectivity index (χ2v) is 27.1. The van der Waals surface area contributed by atoms with Gasteiger partial charge in [0.2, 0.25) is 65.0 Å². The highest BCUT2D eigenvalue weighted by molar-refractivity contribution is 5.99. The lowest BCUT2D eigenvalue weighted by Crippen LogP contribution is -2.63. The first-order chi connectivity index (χ1) is 40.6. The lowest BCUT2D eigenvalue weighted by molar-refractivity contribution is -0.157. The Kier molecular flexibility index (Phi) is 33.1. The van der Waals surface area contributed by atoms with Crippen molar-refractivity contribution in [1.82, 2.24) is 55.6 Å². The van der Waals surface area contributed by atoms with E-state index in [0.717, 1.165) is 14.7 Å². The molecule has 88 heavy (non-hydrogen) atoms. The van der Waals surface area contributed by atoms with Gasteiger partial charge >= 0.3 is 0 Å². The van der Waals surface area contributed by atoms with Gasteiger partial charge in [-0.1, -0.05) is 109 Å². The van der Waals surface area contributed by atoms with Crippen LogP contribution in [0.2, 0.25) is 0 Å². The van der Waals surface area contributed by atoms with Gasteiger partial charge in [0.05, 0.1) is 18.8 Å². The number of carbonyl (C=O) groups excluding carboxylic acids is 11. The number of hydrogen-bond acceptors (Lipinski definition) is 13. The van der Waals surface area contributed by atoms with Crippen molar-refractivity contribution < 1.29 is 63.0 Å². The number of nitrogens with one attached hydrogen (secondary N) is 4. The maximum atomic E-state index is 15.2. The maximum Gasteiger partial charge on any atom is 0.246 e. The second kappa shape index (κ2) is 36.5. The molecule has 1 aliphatic heterocycles. The Morgan fingerprint density at radius 1 is 0.443 bits per heavy atom. The molecule has 1 aliphatic rings. The van der Waals surface area contributed by atoms with Crippen LogP contribution in [0.4, 0.5) is 0 Å². The van der Waals surface area contributed by atoms with Crippen LogP contribution < -0.4 is 21.3 Å². The molecule has 504 valence electrons. The minimum atomic E-state index is -1.64. The lowest BCUT2D eigenvalue weighted by Gasteiger charge is -2.41. The highest BCUT2D eigenvalue weighted by atomic mass is 16.3. The van der Waals surface area contributed by atoms with Crippen LogP contribution in [0.5, 0.6) is 0 Å². The number of hydrogen-bond donors (Lipinski definition) is 6. The van der Waals surface area contributed by atoms with Crippen molar-refractivity contribution in [2.75, 3.05) is 55.9 Å². The van der Waals surface area contributed by atoms with Gasteiger partial charge < -0.3 is 65.8 Å². The topological polar surface area (TPSA) is 299 Å². The fourth-order valence-electron chi connectivity index (χ4n) is 11.3. The first kappa shape index (κ1) is 79.8. The lowest BCUT2D eigenvalue weighted by atomic mass is 9.91. The van der Waals surface area contributed by atoms with Crippen molar-refractivity contribution in [3.63, 3.8) is 0 Å². The average molecular weight is 1250 g/mol. The van der Waals surface area contributed by atoms with Crippen LogP contribution in [0.25, 0.3) is 0 Å². The number of rotatable bonds is 17. The first-order valence-corrected chi connectivity index (χ1v) is 31.6. The highest BCUT2D eigenvalue weighted by Gasteiger charge is 2.46. The molecule has 0 aliphatic carbocycles. The van der Waals surface area contributed by atoms with Crippen molar-refractivity contribution in [3.05, 3.63) is 12.2 Å². The Morgan fingerprint density at radius 3 is 1.31 bits per heavy atom. The molecule has 0 aromatic heterocycles. The van der Waals surface area contributed by atoms with E-state index in [4.69, 9.17) is 0 Å². The number of aliphatic hydroxyl groups excluding tert-OH is 2. The van der Waals surface area contributed by atoms with E-state index in [2.05, 4.69) is 21.3 Å². The average Bonchev–Trinajstić information content (AvgIpc) is 1.34. The summed E-state index contributed by atoms with van der Waals surface area (Å²) in [6.07, 6.45) is 1.39. The van der Waals surface area contributed by atoms with Gasteiger partial charge in [-0.25, -0.2) is 0 Å². The molecular weight excluding hydrogens is 1130 g/mol. The zero-order valence-corrected chi connectivity index (χ0v) is 57.8. The molecule has 0 radical (unpaired) electrons. The zero-order chi connectivity index (χ0) is 68.3. The Morgan fingerprint density at radius 2 is 0.852 bits per heavy atom. The minimum absolute atomic E-state index is 0.0183. The van der Waals surface area contributed by atoms with Gasteiger partial charge in [-0.05, 0) is 107 Å². The molecule has 1 fully saturated rings. The number of carbonyl (C=O) groups is 11. The van der Waals surface area contributed by atoms with E-state index in [1.165, 1.54) is 82.8 Å². The van der Waals surface area contributed by atoms with E-state index < -0.39 is 156 Å². The minimum Gasteiger partial charge on any atom is -0.391 e. The van der Waals surface area contributed by atoms with Crippen LogP contribution in [-0.2, 0) is 52.7 Å². The summed E-state index contributed by atoms with van der Waals surface area (Å²) in [5, 5.41) is 34.3. The monoisotopic (exact) mass is 1250 g/mol. The summed E-state index contributed by atoms with van der Waals surface area (Å²) in [5.74, 6) is -10.1. The van der Waals surface area contributed by atoms with Gasteiger partial charge in [-0.3, -0.25) is 52.7 Å². The largest absolute Gasteiger partial charge is 0.391 e. The highest BCUT2D eigenvalue weighted by Crippen LogP contribution is 2.26. The standard InChI is InChI=1S/C64H115N11O13/c1-25-27-28-41(15)54(78)53-58(82)66-44(26-2)60(84)69(18)34-50(77)73(22)52(43(17)76)57(81)68-46(30-36(5)6)61(85)70(19)47(31-37(7)8)56(80)67-45(29-35(3)4)55(79)65-42(16)59(83)71(20)48(32-38(9)10)62(86)72(21)49(33-39(11)12)63(87)74(23)51(40(13)14)64(88)75(53)24/h25,27,35-49,51-54,76,78H,26,28-34H2,1-24H3,(H,65,79)(H,66,82)(H,67,80)(H,68,81)/b27-25+/t41-,42-,43-,44+,45+,46+,47+,48+,49+,51+,52+,53+,54-/m1/s1. The van der Waals surface area contributed by atoms with E-state index in [-0.39, 0.29) is 68.1 Å².